The van der Waals surface area contributed by atoms with Gasteiger partial charge in [-0.05, 0) is 24.3 Å². The number of benzene rings is 1. The van der Waals surface area contributed by atoms with Gasteiger partial charge in [0.2, 0.25) is 0 Å². The van der Waals surface area contributed by atoms with Gasteiger partial charge in [0.15, 0.2) is 10.1 Å². The van der Waals surface area contributed by atoms with Crippen LogP contribution in [-0.2, 0) is 5.75 Å². The first-order valence-electron chi connectivity index (χ1n) is 7.08. The molecule has 0 aliphatic rings. The molecule has 0 bridgehead atoms. The molecule has 0 aliphatic heterocycles. The maximum absolute atomic E-state index is 12.0. The molecular formula is C16H11BrN4OS2. The topological polar surface area (TPSA) is 52.2 Å². The lowest BCUT2D eigenvalue weighted by Gasteiger charge is -2.07. The minimum absolute atomic E-state index is 0.0481. The Morgan fingerprint density at radius 1 is 1.21 bits per heavy atom. The SMILES string of the molecule is O=c1cc(CSc2nccn2-c2ccc(Br)cc2)nc2sccn12. The van der Waals surface area contributed by atoms with Crippen LogP contribution in [0.5, 0.6) is 0 Å². The molecule has 4 rings (SSSR count). The van der Waals surface area contributed by atoms with Crippen LogP contribution in [0.15, 0.2) is 68.7 Å². The summed E-state index contributed by atoms with van der Waals surface area (Å²) in [6.07, 6.45) is 5.44. The number of thiazole rings is 1. The summed E-state index contributed by atoms with van der Waals surface area (Å²) in [5, 5.41) is 2.73. The number of aromatic nitrogens is 4. The van der Waals surface area contributed by atoms with Gasteiger partial charge in [0.05, 0.1) is 5.69 Å². The molecule has 4 aromatic rings. The third-order valence-electron chi connectivity index (χ3n) is 3.42. The third kappa shape index (κ3) is 3.04. The first-order chi connectivity index (χ1) is 11.7. The Labute approximate surface area is 154 Å². The van der Waals surface area contributed by atoms with E-state index in [1.807, 2.05) is 40.4 Å². The van der Waals surface area contributed by atoms with E-state index in [2.05, 4.69) is 25.9 Å². The molecule has 0 saturated carbocycles. The summed E-state index contributed by atoms with van der Waals surface area (Å²) in [6.45, 7) is 0. The third-order valence-corrected chi connectivity index (χ3v) is 5.70. The van der Waals surface area contributed by atoms with Crippen molar-refractivity contribution in [1.29, 1.82) is 0 Å². The van der Waals surface area contributed by atoms with Gasteiger partial charge in [-0.3, -0.25) is 13.8 Å². The second-order valence-corrected chi connectivity index (χ2v) is 7.72. The van der Waals surface area contributed by atoms with Crippen molar-refractivity contribution in [3.8, 4) is 5.69 Å². The predicted molar refractivity (Wildman–Crippen MR) is 100 cm³/mol. The Hall–Kier alpha value is -1.90. The Kier molecular flexibility index (Phi) is 4.26. The second kappa shape index (κ2) is 6.54. The lowest BCUT2D eigenvalue weighted by Crippen LogP contribution is -2.12. The van der Waals surface area contributed by atoms with Crippen LogP contribution in [0.1, 0.15) is 5.69 Å². The maximum atomic E-state index is 12.0. The van der Waals surface area contributed by atoms with Crippen LogP contribution in [0, 0.1) is 0 Å². The molecule has 0 saturated heterocycles. The highest BCUT2D eigenvalue weighted by Gasteiger charge is 2.09. The van der Waals surface area contributed by atoms with Crippen LogP contribution in [-0.4, -0.2) is 18.9 Å². The molecule has 3 aromatic heterocycles. The highest BCUT2D eigenvalue weighted by molar-refractivity contribution is 9.10. The summed E-state index contributed by atoms with van der Waals surface area (Å²) < 4.78 is 4.62. The molecule has 120 valence electrons. The van der Waals surface area contributed by atoms with Gasteiger partial charge >= 0.3 is 0 Å². The van der Waals surface area contributed by atoms with Crippen molar-refractivity contribution in [2.24, 2.45) is 0 Å². The van der Waals surface area contributed by atoms with E-state index < -0.39 is 0 Å². The van der Waals surface area contributed by atoms with Gasteiger partial charge in [-0.25, -0.2) is 9.97 Å². The predicted octanol–water partition coefficient (Wildman–Crippen LogP) is 4.00. The first kappa shape index (κ1) is 15.6. The lowest BCUT2D eigenvalue weighted by molar-refractivity contribution is 0.893. The molecule has 24 heavy (non-hydrogen) atoms. The fourth-order valence-electron chi connectivity index (χ4n) is 2.30. The normalized spacial score (nSPS) is 11.2. The van der Waals surface area contributed by atoms with Crippen LogP contribution in [0.3, 0.4) is 0 Å². The molecule has 1 aromatic carbocycles. The van der Waals surface area contributed by atoms with E-state index >= 15 is 0 Å². The number of thioether (sulfide) groups is 1. The Morgan fingerprint density at radius 3 is 2.88 bits per heavy atom. The molecule has 8 heteroatoms. The molecule has 0 fully saturated rings. The zero-order valence-corrected chi connectivity index (χ0v) is 15.5. The molecule has 0 radical (unpaired) electrons. The average molecular weight is 419 g/mol. The molecule has 0 N–H and O–H groups in total. The zero-order valence-electron chi connectivity index (χ0n) is 12.3. The number of hydrogen-bond donors (Lipinski definition) is 0. The van der Waals surface area contributed by atoms with Crippen molar-refractivity contribution in [2.45, 2.75) is 10.9 Å². The minimum Gasteiger partial charge on any atom is -0.295 e. The Morgan fingerprint density at radius 2 is 2.04 bits per heavy atom. The molecule has 0 spiro atoms. The van der Waals surface area contributed by atoms with Gasteiger partial charge in [0, 0.05) is 45.9 Å². The molecular weight excluding hydrogens is 408 g/mol. The van der Waals surface area contributed by atoms with E-state index in [1.165, 1.54) is 11.3 Å². The van der Waals surface area contributed by atoms with Gasteiger partial charge < -0.3 is 0 Å². The number of nitrogens with zero attached hydrogens (tertiary/aromatic N) is 4. The van der Waals surface area contributed by atoms with E-state index in [9.17, 15) is 4.79 Å². The number of hydrogen-bond acceptors (Lipinski definition) is 5. The van der Waals surface area contributed by atoms with Crippen LogP contribution in [0.4, 0.5) is 0 Å². The molecule has 0 aliphatic carbocycles. The molecule has 3 heterocycles. The van der Waals surface area contributed by atoms with Crippen molar-refractivity contribution >= 4 is 44.0 Å². The number of fused-ring (bicyclic) bond motifs is 1. The van der Waals surface area contributed by atoms with Gasteiger partial charge in [-0.2, -0.15) is 0 Å². The van der Waals surface area contributed by atoms with Crippen LogP contribution >= 0.6 is 39.0 Å². The van der Waals surface area contributed by atoms with Crippen molar-refractivity contribution in [3.05, 3.63) is 74.8 Å². The van der Waals surface area contributed by atoms with E-state index in [0.29, 0.717) is 10.7 Å². The number of imidazole rings is 1. The maximum Gasteiger partial charge on any atom is 0.258 e. The summed E-state index contributed by atoms with van der Waals surface area (Å²) in [6, 6.07) is 9.63. The zero-order chi connectivity index (χ0) is 16.5. The summed E-state index contributed by atoms with van der Waals surface area (Å²) >= 11 is 6.46. The summed E-state index contributed by atoms with van der Waals surface area (Å²) in [5.74, 6) is 0.594. The summed E-state index contributed by atoms with van der Waals surface area (Å²) in [4.78, 5) is 21.7. The summed E-state index contributed by atoms with van der Waals surface area (Å²) in [5.41, 5.74) is 1.76. The van der Waals surface area contributed by atoms with Crippen molar-refractivity contribution < 1.29 is 0 Å². The Balaban J connectivity index is 1.59. The minimum atomic E-state index is -0.0481. The average Bonchev–Trinajstić information content (AvgIpc) is 3.22. The van der Waals surface area contributed by atoms with Crippen molar-refractivity contribution in [3.63, 3.8) is 0 Å². The summed E-state index contributed by atoms with van der Waals surface area (Å²) in [7, 11) is 0. The first-order valence-corrected chi connectivity index (χ1v) is 9.74. The van der Waals surface area contributed by atoms with Gasteiger partial charge in [0.1, 0.15) is 0 Å². The lowest BCUT2D eigenvalue weighted by atomic mass is 10.3. The van der Waals surface area contributed by atoms with Crippen molar-refractivity contribution in [2.75, 3.05) is 0 Å². The van der Waals surface area contributed by atoms with Crippen LogP contribution in [0.2, 0.25) is 0 Å². The van der Waals surface area contributed by atoms with Crippen LogP contribution in [0.25, 0.3) is 10.6 Å². The second-order valence-electron chi connectivity index (χ2n) is 4.99. The fourth-order valence-corrected chi connectivity index (χ4v) is 4.16. The van der Waals surface area contributed by atoms with E-state index in [1.54, 1.807) is 34.6 Å². The van der Waals surface area contributed by atoms with Gasteiger partial charge in [0.25, 0.3) is 5.56 Å². The van der Waals surface area contributed by atoms with E-state index in [-0.39, 0.29) is 5.56 Å². The highest BCUT2D eigenvalue weighted by atomic mass is 79.9. The van der Waals surface area contributed by atoms with Crippen LogP contribution < -0.4 is 5.56 Å². The molecule has 5 nitrogen and oxygen atoms in total. The smallest absolute Gasteiger partial charge is 0.258 e. The molecule has 0 unspecified atom stereocenters. The quantitative estimate of drug-likeness (QED) is 0.470. The monoisotopic (exact) mass is 418 g/mol. The van der Waals surface area contributed by atoms with Gasteiger partial charge in [-0.15, -0.1) is 11.3 Å². The highest BCUT2D eigenvalue weighted by Crippen LogP contribution is 2.24. The van der Waals surface area contributed by atoms with E-state index in [4.69, 9.17) is 0 Å². The largest absolute Gasteiger partial charge is 0.295 e. The molecule has 0 atom stereocenters. The van der Waals surface area contributed by atoms with Gasteiger partial charge in [-0.1, -0.05) is 27.7 Å². The van der Waals surface area contributed by atoms with Crippen molar-refractivity contribution in [1.82, 2.24) is 18.9 Å². The fraction of sp³-hybridized carbons (Fsp3) is 0.0625. The number of rotatable bonds is 4. The molecule has 0 amide bonds. The standard InChI is InChI=1S/C16H11BrN4OS2/c17-11-1-3-13(4-2-11)20-6-5-18-15(20)24-10-12-9-14(22)21-7-8-23-16(21)19-12/h1-9H,10H2. The van der Waals surface area contributed by atoms with E-state index in [0.717, 1.165) is 21.0 Å². The number of halogens is 1. The Bertz CT molecular complexity index is 1050.